The third kappa shape index (κ3) is 2.41. The van der Waals surface area contributed by atoms with Crippen LogP contribution in [0.4, 0.5) is 11.4 Å². The fourth-order valence-corrected chi connectivity index (χ4v) is 3.01. The lowest BCUT2D eigenvalue weighted by Crippen LogP contribution is -2.22. The fourth-order valence-electron chi connectivity index (χ4n) is 3.01. The number of fused-ring (bicyclic) bond motifs is 2. The third-order valence-corrected chi connectivity index (χ3v) is 4.52. The maximum absolute atomic E-state index is 12.5. The fraction of sp³-hybridized carbons (Fsp3) is 0.105. The number of anilines is 2. The molecule has 0 fully saturated rings. The zero-order chi connectivity index (χ0) is 18.4. The molecule has 4 aromatic rings. The number of H-pyrrole nitrogens is 2. The molecule has 26 heavy (non-hydrogen) atoms. The zero-order valence-electron chi connectivity index (χ0n) is 14.3. The summed E-state index contributed by atoms with van der Waals surface area (Å²) in [6.45, 7) is 1.50. The van der Waals surface area contributed by atoms with Gasteiger partial charge in [0.25, 0.3) is 5.56 Å². The minimum atomic E-state index is -0.304. The van der Waals surface area contributed by atoms with Gasteiger partial charge in [0.05, 0.1) is 22.2 Å². The number of para-hydroxylation sites is 1. The van der Waals surface area contributed by atoms with Gasteiger partial charge >= 0.3 is 0 Å². The van der Waals surface area contributed by atoms with Crippen molar-refractivity contribution < 1.29 is 4.79 Å². The Morgan fingerprint density at radius 3 is 2.65 bits per heavy atom. The number of rotatable bonds is 2. The van der Waals surface area contributed by atoms with Gasteiger partial charge in [0.15, 0.2) is 0 Å². The molecular weight excluding hydrogens is 330 g/mol. The lowest BCUT2D eigenvalue weighted by atomic mass is 10.1. The van der Waals surface area contributed by atoms with Crippen LogP contribution in [0.2, 0.25) is 0 Å². The molecule has 4 rings (SSSR count). The van der Waals surface area contributed by atoms with Crippen LogP contribution in [-0.4, -0.2) is 27.9 Å². The summed E-state index contributed by atoms with van der Waals surface area (Å²) < 4.78 is 0. The number of nitrogens with one attached hydrogen (secondary N) is 2. The Labute approximate surface area is 148 Å². The van der Waals surface area contributed by atoms with Crippen LogP contribution in [0, 0.1) is 0 Å². The predicted molar refractivity (Wildman–Crippen MR) is 103 cm³/mol. The second-order valence-electron chi connectivity index (χ2n) is 6.15. The Kier molecular flexibility index (Phi) is 3.50. The molecule has 0 saturated carbocycles. The quantitative estimate of drug-likeness (QED) is 0.518. The van der Waals surface area contributed by atoms with Crippen LogP contribution < -0.4 is 16.2 Å². The Morgan fingerprint density at radius 1 is 1.12 bits per heavy atom. The van der Waals surface area contributed by atoms with E-state index in [1.165, 1.54) is 11.8 Å². The van der Waals surface area contributed by atoms with Gasteiger partial charge in [0.2, 0.25) is 5.91 Å². The highest BCUT2D eigenvalue weighted by Crippen LogP contribution is 2.29. The minimum absolute atomic E-state index is 0.0701. The molecule has 7 nitrogen and oxygen atoms in total. The molecule has 0 saturated heterocycles. The van der Waals surface area contributed by atoms with E-state index in [-0.39, 0.29) is 11.5 Å². The van der Waals surface area contributed by atoms with Crippen molar-refractivity contribution in [2.45, 2.75) is 6.92 Å². The summed E-state index contributed by atoms with van der Waals surface area (Å²) >= 11 is 0. The molecule has 7 heteroatoms. The van der Waals surface area contributed by atoms with Crippen molar-refractivity contribution in [3.63, 3.8) is 0 Å². The van der Waals surface area contributed by atoms with Gasteiger partial charge in [-0.3, -0.25) is 9.59 Å². The second kappa shape index (κ2) is 5.73. The molecule has 0 unspecified atom stereocenters. The highest BCUT2D eigenvalue weighted by Gasteiger charge is 2.16. The SMILES string of the molecule is CC(=O)N(C)c1ccc2nc(-c3c(N)c4ccccc4[nH]c3=O)[nH]c2c1. The first kappa shape index (κ1) is 15.9. The normalized spacial score (nSPS) is 11.2. The molecule has 1 amide bonds. The van der Waals surface area contributed by atoms with E-state index in [9.17, 15) is 9.59 Å². The Morgan fingerprint density at radius 2 is 1.88 bits per heavy atom. The van der Waals surface area contributed by atoms with Crippen LogP contribution in [0.25, 0.3) is 33.3 Å². The van der Waals surface area contributed by atoms with E-state index in [4.69, 9.17) is 5.73 Å². The number of carbonyl (C=O) groups is 1. The van der Waals surface area contributed by atoms with Crippen molar-refractivity contribution in [2.24, 2.45) is 0 Å². The number of aromatic nitrogens is 3. The molecule has 0 radical (unpaired) electrons. The first-order chi connectivity index (χ1) is 12.5. The maximum atomic E-state index is 12.5. The highest BCUT2D eigenvalue weighted by molar-refractivity contribution is 5.98. The summed E-state index contributed by atoms with van der Waals surface area (Å²) in [5, 5.41) is 0.763. The van der Waals surface area contributed by atoms with E-state index >= 15 is 0 Å². The highest BCUT2D eigenvalue weighted by atomic mass is 16.2. The van der Waals surface area contributed by atoms with Gasteiger partial charge in [-0.25, -0.2) is 4.98 Å². The van der Waals surface area contributed by atoms with E-state index < -0.39 is 0 Å². The standard InChI is InChI=1S/C19H17N5O2/c1-10(25)24(2)11-7-8-14-15(9-11)22-18(21-14)16-17(20)12-5-3-4-6-13(12)23-19(16)26/h3-9H,1-2H3,(H,21,22)(H3,20,23,26). The summed E-state index contributed by atoms with van der Waals surface area (Å²) in [5.41, 5.74) is 9.47. The molecule has 130 valence electrons. The van der Waals surface area contributed by atoms with Gasteiger partial charge in [0.1, 0.15) is 11.4 Å². The molecule has 2 heterocycles. The monoisotopic (exact) mass is 347 g/mol. The molecule has 2 aromatic carbocycles. The summed E-state index contributed by atoms with van der Waals surface area (Å²) in [7, 11) is 1.70. The van der Waals surface area contributed by atoms with Crippen molar-refractivity contribution in [1.29, 1.82) is 0 Å². The van der Waals surface area contributed by atoms with Crippen molar-refractivity contribution in [3.05, 3.63) is 52.8 Å². The minimum Gasteiger partial charge on any atom is -0.397 e. The number of pyridine rings is 1. The van der Waals surface area contributed by atoms with Crippen molar-refractivity contribution in [3.8, 4) is 11.4 Å². The molecule has 0 aliphatic heterocycles. The smallest absolute Gasteiger partial charge is 0.261 e. The lowest BCUT2D eigenvalue weighted by Gasteiger charge is -2.14. The summed E-state index contributed by atoms with van der Waals surface area (Å²) in [4.78, 5) is 36.1. The summed E-state index contributed by atoms with van der Waals surface area (Å²) in [5.74, 6) is 0.325. The molecule has 4 N–H and O–H groups in total. The number of carbonyl (C=O) groups excluding carboxylic acids is 1. The maximum Gasteiger partial charge on any atom is 0.261 e. The van der Waals surface area contributed by atoms with E-state index in [2.05, 4.69) is 15.0 Å². The number of hydrogen-bond donors (Lipinski definition) is 3. The average molecular weight is 347 g/mol. The van der Waals surface area contributed by atoms with Gasteiger partial charge < -0.3 is 20.6 Å². The van der Waals surface area contributed by atoms with Crippen LogP contribution in [0.1, 0.15) is 6.92 Å². The lowest BCUT2D eigenvalue weighted by molar-refractivity contribution is -0.116. The molecular formula is C19H17N5O2. The van der Waals surface area contributed by atoms with Gasteiger partial charge in [-0.2, -0.15) is 0 Å². The van der Waals surface area contributed by atoms with E-state index in [0.29, 0.717) is 28.1 Å². The van der Waals surface area contributed by atoms with E-state index in [1.54, 1.807) is 19.2 Å². The predicted octanol–water partition coefficient (Wildman–Crippen LogP) is 2.64. The molecule has 0 bridgehead atoms. The van der Waals surface area contributed by atoms with Gasteiger partial charge in [-0.1, -0.05) is 18.2 Å². The second-order valence-corrected chi connectivity index (χ2v) is 6.15. The number of nitrogen functional groups attached to an aromatic ring is 1. The molecule has 0 atom stereocenters. The number of benzene rings is 2. The average Bonchev–Trinajstić information content (AvgIpc) is 3.03. The van der Waals surface area contributed by atoms with Gasteiger partial charge in [-0.15, -0.1) is 0 Å². The number of imidazole rings is 1. The first-order valence-electron chi connectivity index (χ1n) is 8.10. The molecule has 2 aromatic heterocycles. The molecule has 0 aliphatic carbocycles. The number of nitrogens with two attached hydrogens (primary N) is 1. The number of hydrogen-bond acceptors (Lipinski definition) is 4. The Hall–Kier alpha value is -3.61. The van der Waals surface area contributed by atoms with Crippen LogP contribution in [0.15, 0.2) is 47.3 Å². The number of nitrogens with zero attached hydrogens (tertiary/aromatic N) is 2. The topological polar surface area (TPSA) is 108 Å². The molecule has 0 spiro atoms. The summed E-state index contributed by atoms with van der Waals surface area (Å²) in [6, 6.07) is 12.8. The molecule has 0 aliphatic rings. The van der Waals surface area contributed by atoms with Crippen LogP contribution in [-0.2, 0) is 4.79 Å². The van der Waals surface area contributed by atoms with E-state index in [1.807, 2.05) is 30.3 Å². The van der Waals surface area contributed by atoms with Crippen molar-refractivity contribution >= 4 is 39.2 Å². The first-order valence-corrected chi connectivity index (χ1v) is 8.10. The van der Waals surface area contributed by atoms with Crippen molar-refractivity contribution in [1.82, 2.24) is 15.0 Å². The number of aromatic amines is 2. The van der Waals surface area contributed by atoms with Gasteiger partial charge in [0, 0.05) is 25.0 Å². The Bertz CT molecular complexity index is 1220. The number of amides is 1. The largest absolute Gasteiger partial charge is 0.397 e. The van der Waals surface area contributed by atoms with E-state index in [0.717, 1.165) is 16.6 Å². The zero-order valence-corrected chi connectivity index (χ0v) is 14.3. The van der Waals surface area contributed by atoms with Gasteiger partial charge in [-0.05, 0) is 24.3 Å². The Balaban J connectivity index is 1.91. The van der Waals surface area contributed by atoms with Crippen LogP contribution in [0.5, 0.6) is 0 Å². The summed E-state index contributed by atoms with van der Waals surface area (Å²) in [6.07, 6.45) is 0. The third-order valence-electron chi connectivity index (χ3n) is 4.52. The van der Waals surface area contributed by atoms with Crippen molar-refractivity contribution in [2.75, 3.05) is 17.7 Å². The van der Waals surface area contributed by atoms with Crippen LogP contribution >= 0.6 is 0 Å². The van der Waals surface area contributed by atoms with Crippen LogP contribution in [0.3, 0.4) is 0 Å².